The van der Waals surface area contributed by atoms with E-state index in [9.17, 15) is 23.1 Å². The molecule has 1 aromatic rings. The van der Waals surface area contributed by atoms with Gasteiger partial charge in [-0.1, -0.05) is 20.8 Å². The predicted octanol–water partition coefficient (Wildman–Crippen LogP) is 2.34. The number of amides is 1. The van der Waals surface area contributed by atoms with Crippen LogP contribution in [0.3, 0.4) is 0 Å². The minimum atomic E-state index is -1.75. The molecule has 0 bridgehead atoms. The summed E-state index contributed by atoms with van der Waals surface area (Å²) in [4.78, 5) is 11.7. The number of benzene rings is 1. The molecule has 7 heteroatoms. The van der Waals surface area contributed by atoms with E-state index in [0.717, 1.165) is 0 Å². The maximum atomic E-state index is 13.5. The fraction of sp³-hybridized carbons (Fsp3) is 0.500. The molecule has 21 heavy (non-hydrogen) atoms. The molecule has 1 aromatic carbocycles. The zero-order valence-electron chi connectivity index (χ0n) is 12.0. The highest BCUT2D eigenvalue weighted by Crippen LogP contribution is 2.26. The largest absolute Gasteiger partial charge is 0.503 e. The molecule has 118 valence electrons. The van der Waals surface area contributed by atoms with Crippen LogP contribution in [0, 0.1) is 22.9 Å². The number of carbonyl (C=O) groups is 1. The number of aromatic hydroxyl groups is 1. The monoisotopic (exact) mass is 305 g/mol. The summed E-state index contributed by atoms with van der Waals surface area (Å²) in [5.74, 6) is -7.42. The molecule has 0 aliphatic carbocycles. The first kappa shape index (κ1) is 17.3. The molecular formula is C14H18F3NO3. The minimum absolute atomic E-state index is 0.171. The van der Waals surface area contributed by atoms with E-state index in [2.05, 4.69) is 5.32 Å². The lowest BCUT2D eigenvalue weighted by atomic mass is 9.89. The van der Waals surface area contributed by atoms with Crippen molar-refractivity contribution in [3.63, 3.8) is 0 Å². The molecule has 0 radical (unpaired) electrons. The van der Waals surface area contributed by atoms with E-state index in [0.29, 0.717) is 12.5 Å². The van der Waals surface area contributed by atoms with Gasteiger partial charge in [0.25, 0.3) is 5.91 Å². The molecular weight excluding hydrogens is 287 g/mol. The maximum absolute atomic E-state index is 13.5. The van der Waals surface area contributed by atoms with Gasteiger partial charge in [0, 0.05) is 6.54 Å². The zero-order chi connectivity index (χ0) is 16.4. The van der Waals surface area contributed by atoms with Crippen LogP contribution in [0.2, 0.25) is 0 Å². The second kappa shape index (κ2) is 6.34. The number of nitrogens with one attached hydrogen (secondary N) is 1. The Hall–Kier alpha value is -1.76. The lowest BCUT2D eigenvalue weighted by Gasteiger charge is -2.22. The van der Waals surface area contributed by atoms with Crippen molar-refractivity contribution in [2.75, 3.05) is 6.54 Å². The molecule has 0 saturated heterocycles. The van der Waals surface area contributed by atoms with Gasteiger partial charge in [0.15, 0.2) is 17.4 Å². The number of hydrogen-bond donors (Lipinski definition) is 3. The summed E-state index contributed by atoms with van der Waals surface area (Å²) >= 11 is 0. The van der Waals surface area contributed by atoms with Crippen molar-refractivity contribution in [1.82, 2.24) is 5.32 Å². The number of carbonyl (C=O) groups excluding carboxylic acids is 1. The third-order valence-corrected chi connectivity index (χ3v) is 2.72. The van der Waals surface area contributed by atoms with Crippen molar-refractivity contribution in [2.24, 2.45) is 5.41 Å². The van der Waals surface area contributed by atoms with E-state index in [1.54, 1.807) is 0 Å². The summed E-state index contributed by atoms with van der Waals surface area (Å²) in [5, 5.41) is 20.9. The highest BCUT2D eigenvalue weighted by atomic mass is 19.2. The minimum Gasteiger partial charge on any atom is -0.503 e. The van der Waals surface area contributed by atoms with Crippen LogP contribution in [-0.2, 0) is 0 Å². The summed E-state index contributed by atoms with van der Waals surface area (Å²) in [5.41, 5.74) is -0.996. The molecule has 1 rings (SSSR count). The van der Waals surface area contributed by atoms with Gasteiger partial charge in [0.1, 0.15) is 0 Å². The van der Waals surface area contributed by atoms with Gasteiger partial charge in [-0.2, -0.15) is 4.39 Å². The molecule has 0 saturated carbocycles. The number of hydrogen-bond acceptors (Lipinski definition) is 3. The number of phenols is 1. The number of aliphatic hydroxyl groups excluding tert-OH is 1. The topological polar surface area (TPSA) is 69.6 Å². The fourth-order valence-corrected chi connectivity index (χ4v) is 1.84. The highest BCUT2D eigenvalue weighted by Gasteiger charge is 2.23. The van der Waals surface area contributed by atoms with Gasteiger partial charge in [0.05, 0.1) is 11.7 Å². The van der Waals surface area contributed by atoms with Crippen molar-refractivity contribution in [3.05, 3.63) is 29.1 Å². The van der Waals surface area contributed by atoms with Crippen LogP contribution in [0.15, 0.2) is 6.07 Å². The van der Waals surface area contributed by atoms with Gasteiger partial charge in [-0.15, -0.1) is 0 Å². The Labute approximate surface area is 120 Å². The smallest absolute Gasteiger partial charge is 0.254 e. The third-order valence-electron chi connectivity index (χ3n) is 2.72. The van der Waals surface area contributed by atoms with Crippen LogP contribution in [-0.4, -0.2) is 28.8 Å². The highest BCUT2D eigenvalue weighted by molar-refractivity contribution is 5.95. The Morgan fingerprint density at radius 1 is 1.29 bits per heavy atom. The molecule has 3 N–H and O–H groups in total. The first-order valence-electron chi connectivity index (χ1n) is 6.35. The summed E-state index contributed by atoms with van der Waals surface area (Å²) in [6.07, 6.45) is -0.477. The van der Waals surface area contributed by atoms with Gasteiger partial charge >= 0.3 is 0 Å². The van der Waals surface area contributed by atoms with E-state index in [1.807, 2.05) is 20.8 Å². The SMILES string of the molecule is CC(C)(C)CC(O)CNC(=O)c1cc(F)c(F)c(O)c1F. The van der Waals surface area contributed by atoms with Crippen molar-refractivity contribution in [3.8, 4) is 5.75 Å². The van der Waals surface area contributed by atoms with Crippen molar-refractivity contribution in [2.45, 2.75) is 33.3 Å². The third kappa shape index (κ3) is 4.63. The van der Waals surface area contributed by atoms with Crippen molar-refractivity contribution >= 4 is 5.91 Å². The van der Waals surface area contributed by atoms with Crippen molar-refractivity contribution in [1.29, 1.82) is 0 Å². The second-order valence-corrected chi connectivity index (χ2v) is 6.01. The van der Waals surface area contributed by atoms with Crippen LogP contribution in [0.25, 0.3) is 0 Å². The Bertz CT molecular complexity index is 541. The molecule has 1 atom stereocenters. The Balaban J connectivity index is 2.78. The lowest BCUT2D eigenvalue weighted by Crippen LogP contribution is -2.34. The zero-order valence-corrected chi connectivity index (χ0v) is 12.0. The normalized spacial score (nSPS) is 13.1. The quantitative estimate of drug-likeness (QED) is 0.748. The number of rotatable bonds is 4. The van der Waals surface area contributed by atoms with Gasteiger partial charge in [0.2, 0.25) is 5.82 Å². The molecule has 0 fully saturated rings. The number of phenolic OH excluding ortho intramolecular Hbond substituents is 1. The summed E-state index contributed by atoms with van der Waals surface area (Å²) in [7, 11) is 0. The van der Waals surface area contributed by atoms with Crippen molar-refractivity contribution < 1.29 is 28.2 Å². The van der Waals surface area contributed by atoms with Gasteiger partial charge < -0.3 is 15.5 Å². The van der Waals surface area contributed by atoms with E-state index in [-0.39, 0.29) is 12.0 Å². The number of halogens is 3. The molecule has 0 aliphatic heterocycles. The predicted molar refractivity (Wildman–Crippen MR) is 70.4 cm³/mol. The van der Waals surface area contributed by atoms with Crippen LogP contribution in [0.5, 0.6) is 5.75 Å². The molecule has 0 heterocycles. The average molecular weight is 305 g/mol. The van der Waals surface area contributed by atoms with Gasteiger partial charge in [-0.05, 0) is 17.9 Å². The fourth-order valence-electron chi connectivity index (χ4n) is 1.84. The van der Waals surface area contributed by atoms with Gasteiger partial charge in [-0.3, -0.25) is 4.79 Å². The second-order valence-electron chi connectivity index (χ2n) is 6.01. The summed E-state index contributed by atoms with van der Waals surface area (Å²) in [6, 6.07) is 0.357. The molecule has 1 unspecified atom stereocenters. The van der Waals surface area contributed by atoms with E-state index < -0.39 is 40.8 Å². The molecule has 0 aromatic heterocycles. The average Bonchev–Trinajstić information content (AvgIpc) is 2.35. The summed E-state index contributed by atoms with van der Waals surface area (Å²) in [6.45, 7) is 5.51. The van der Waals surface area contributed by atoms with Crippen LogP contribution >= 0.6 is 0 Å². The first-order valence-corrected chi connectivity index (χ1v) is 6.35. The van der Waals surface area contributed by atoms with E-state index in [1.165, 1.54) is 0 Å². The van der Waals surface area contributed by atoms with E-state index >= 15 is 0 Å². The Morgan fingerprint density at radius 3 is 2.38 bits per heavy atom. The molecule has 0 spiro atoms. The van der Waals surface area contributed by atoms with Gasteiger partial charge in [-0.25, -0.2) is 8.78 Å². The Kier molecular flexibility index (Phi) is 5.22. The first-order chi connectivity index (χ1) is 9.53. The van der Waals surface area contributed by atoms with Crippen LogP contribution in [0.4, 0.5) is 13.2 Å². The Morgan fingerprint density at radius 2 is 1.86 bits per heavy atom. The van der Waals surface area contributed by atoms with E-state index in [4.69, 9.17) is 5.11 Å². The van der Waals surface area contributed by atoms with Crippen LogP contribution in [0.1, 0.15) is 37.6 Å². The maximum Gasteiger partial charge on any atom is 0.254 e. The van der Waals surface area contributed by atoms with Crippen LogP contribution < -0.4 is 5.32 Å². The molecule has 1 amide bonds. The summed E-state index contributed by atoms with van der Waals surface area (Å²) < 4.78 is 39.5. The lowest BCUT2D eigenvalue weighted by molar-refractivity contribution is 0.0863. The number of aliphatic hydroxyl groups is 1. The standard InChI is InChI=1S/C14H18F3NO3/c1-14(2,3)5-7(19)6-18-13(21)8-4-9(15)11(17)12(20)10(8)16/h4,7,19-20H,5-6H2,1-3H3,(H,18,21). The molecule has 0 aliphatic rings. The molecule has 4 nitrogen and oxygen atoms in total.